The van der Waals surface area contributed by atoms with E-state index in [-0.39, 0.29) is 6.61 Å². The Morgan fingerprint density at radius 2 is 2.15 bits per heavy atom. The van der Waals surface area contributed by atoms with Crippen molar-refractivity contribution in [1.29, 1.82) is 0 Å². The zero-order valence-corrected chi connectivity index (χ0v) is 8.71. The van der Waals surface area contributed by atoms with Crippen LogP contribution in [0.1, 0.15) is 19.0 Å². The topological polar surface area (TPSA) is 46.0 Å². The van der Waals surface area contributed by atoms with Crippen LogP contribution in [0, 0.1) is 6.92 Å². The molecule has 0 aliphatic heterocycles. The van der Waals surface area contributed by atoms with Crippen LogP contribution in [0.3, 0.4) is 0 Å². The highest BCUT2D eigenvalue weighted by molar-refractivity contribution is 7.99. The molecule has 72 valence electrons. The van der Waals surface area contributed by atoms with Crippen LogP contribution in [0.2, 0.25) is 0 Å². The summed E-state index contributed by atoms with van der Waals surface area (Å²) < 4.78 is 0. The van der Waals surface area contributed by atoms with E-state index < -0.39 is 0 Å². The quantitative estimate of drug-likeness (QED) is 0.747. The van der Waals surface area contributed by atoms with Crippen molar-refractivity contribution in [3.05, 3.63) is 18.1 Å². The zero-order chi connectivity index (χ0) is 9.68. The minimum atomic E-state index is 0.230. The average Bonchev–Trinajstić information content (AvgIpc) is 2.09. The van der Waals surface area contributed by atoms with Gasteiger partial charge in [0.25, 0.3) is 0 Å². The van der Waals surface area contributed by atoms with Crippen LogP contribution in [-0.2, 0) is 0 Å². The van der Waals surface area contributed by atoms with Crippen molar-refractivity contribution in [3.8, 4) is 0 Å². The molecule has 1 aromatic heterocycles. The second-order valence-electron chi connectivity index (χ2n) is 2.89. The average molecular weight is 198 g/mol. The summed E-state index contributed by atoms with van der Waals surface area (Å²) in [5.41, 5.74) is 0.956. The number of hydrogen-bond donors (Lipinski definition) is 1. The first-order valence-corrected chi connectivity index (χ1v) is 5.17. The second kappa shape index (κ2) is 5.19. The van der Waals surface area contributed by atoms with Crippen molar-refractivity contribution in [2.45, 2.75) is 30.5 Å². The Labute approximate surface area is 82.6 Å². The maximum absolute atomic E-state index is 8.73. The SMILES string of the molecule is Cc1nccnc1SC(C)CCO. The van der Waals surface area contributed by atoms with E-state index in [1.54, 1.807) is 24.2 Å². The molecule has 13 heavy (non-hydrogen) atoms. The van der Waals surface area contributed by atoms with Crippen LogP contribution >= 0.6 is 11.8 Å². The van der Waals surface area contributed by atoms with Crippen LogP contribution in [0.5, 0.6) is 0 Å². The molecule has 1 heterocycles. The molecule has 0 fully saturated rings. The Kier molecular flexibility index (Phi) is 4.18. The van der Waals surface area contributed by atoms with Crippen LogP contribution < -0.4 is 0 Å². The van der Waals surface area contributed by atoms with E-state index in [4.69, 9.17) is 5.11 Å². The van der Waals surface area contributed by atoms with Crippen molar-refractivity contribution in [2.75, 3.05) is 6.61 Å². The van der Waals surface area contributed by atoms with Gasteiger partial charge >= 0.3 is 0 Å². The lowest BCUT2D eigenvalue weighted by molar-refractivity contribution is 0.289. The van der Waals surface area contributed by atoms with E-state index in [0.29, 0.717) is 5.25 Å². The third-order valence-electron chi connectivity index (χ3n) is 1.68. The third-order valence-corrected chi connectivity index (χ3v) is 2.95. The minimum Gasteiger partial charge on any atom is -0.396 e. The summed E-state index contributed by atoms with van der Waals surface area (Å²) in [4.78, 5) is 8.37. The fourth-order valence-electron chi connectivity index (χ4n) is 0.942. The smallest absolute Gasteiger partial charge is 0.117 e. The van der Waals surface area contributed by atoms with Gasteiger partial charge in [-0.2, -0.15) is 0 Å². The van der Waals surface area contributed by atoms with Crippen molar-refractivity contribution >= 4 is 11.8 Å². The van der Waals surface area contributed by atoms with E-state index in [1.807, 2.05) is 6.92 Å². The molecule has 4 heteroatoms. The van der Waals surface area contributed by atoms with E-state index in [9.17, 15) is 0 Å². The molecule has 1 aromatic rings. The molecular weight excluding hydrogens is 184 g/mol. The molecule has 0 radical (unpaired) electrons. The monoisotopic (exact) mass is 198 g/mol. The highest BCUT2D eigenvalue weighted by Crippen LogP contribution is 2.24. The molecule has 1 unspecified atom stereocenters. The summed E-state index contributed by atoms with van der Waals surface area (Å²) in [5.74, 6) is 0. The first-order chi connectivity index (χ1) is 6.24. The number of aliphatic hydroxyl groups excluding tert-OH is 1. The Morgan fingerprint density at radius 1 is 1.46 bits per heavy atom. The van der Waals surface area contributed by atoms with Crippen LogP contribution in [0.25, 0.3) is 0 Å². The molecule has 0 saturated heterocycles. The summed E-state index contributed by atoms with van der Waals surface area (Å²) in [6, 6.07) is 0. The van der Waals surface area contributed by atoms with Crippen LogP contribution in [0.15, 0.2) is 17.4 Å². The summed E-state index contributed by atoms with van der Waals surface area (Å²) in [7, 11) is 0. The van der Waals surface area contributed by atoms with E-state index in [1.165, 1.54) is 0 Å². The standard InChI is InChI=1S/C9H14N2OS/c1-7(3-6-12)13-9-8(2)10-4-5-11-9/h4-5,7,12H,3,6H2,1-2H3. The number of aryl methyl sites for hydroxylation is 1. The highest BCUT2D eigenvalue weighted by atomic mass is 32.2. The molecule has 0 saturated carbocycles. The lowest BCUT2D eigenvalue weighted by Gasteiger charge is -2.09. The summed E-state index contributed by atoms with van der Waals surface area (Å²) in [5, 5.41) is 10.1. The van der Waals surface area contributed by atoms with Crippen LogP contribution in [0.4, 0.5) is 0 Å². The summed E-state index contributed by atoms with van der Waals surface area (Å²) >= 11 is 1.66. The Hall–Kier alpha value is -0.610. The number of aromatic nitrogens is 2. The van der Waals surface area contributed by atoms with Crippen molar-refractivity contribution in [2.24, 2.45) is 0 Å². The number of nitrogens with zero attached hydrogens (tertiary/aromatic N) is 2. The first kappa shape index (κ1) is 10.5. The Bertz CT molecular complexity index is 268. The zero-order valence-electron chi connectivity index (χ0n) is 7.90. The van der Waals surface area contributed by atoms with Gasteiger partial charge in [-0.3, -0.25) is 4.98 Å². The lowest BCUT2D eigenvalue weighted by Crippen LogP contribution is -2.01. The predicted octanol–water partition coefficient (Wildman–Crippen LogP) is 1.65. The molecule has 0 aliphatic rings. The molecule has 0 aromatic carbocycles. The van der Waals surface area contributed by atoms with E-state index in [0.717, 1.165) is 17.1 Å². The normalized spacial score (nSPS) is 12.8. The van der Waals surface area contributed by atoms with Gasteiger partial charge in [0.1, 0.15) is 5.03 Å². The van der Waals surface area contributed by atoms with Gasteiger partial charge < -0.3 is 5.11 Å². The van der Waals surface area contributed by atoms with Crippen molar-refractivity contribution in [1.82, 2.24) is 9.97 Å². The molecule has 0 aliphatic carbocycles. The summed E-state index contributed by atoms with van der Waals surface area (Å²) in [6.45, 7) is 4.25. The van der Waals surface area contributed by atoms with Crippen molar-refractivity contribution < 1.29 is 5.11 Å². The molecule has 0 amide bonds. The van der Waals surface area contributed by atoms with Gasteiger partial charge in [0, 0.05) is 24.3 Å². The predicted molar refractivity (Wildman–Crippen MR) is 53.8 cm³/mol. The maximum atomic E-state index is 8.73. The third kappa shape index (κ3) is 3.32. The van der Waals surface area contributed by atoms with Gasteiger partial charge in [-0.1, -0.05) is 6.92 Å². The summed E-state index contributed by atoms with van der Waals surface area (Å²) in [6.07, 6.45) is 4.18. The van der Waals surface area contributed by atoms with Crippen LogP contribution in [-0.4, -0.2) is 26.9 Å². The number of aliphatic hydroxyl groups is 1. The van der Waals surface area contributed by atoms with Gasteiger partial charge in [0.05, 0.1) is 5.69 Å². The highest BCUT2D eigenvalue weighted by Gasteiger charge is 2.07. The minimum absolute atomic E-state index is 0.230. The molecule has 1 N–H and O–H groups in total. The number of thioether (sulfide) groups is 1. The van der Waals surface area contributed by atoms with Gasteiger partial charge in [0.15, 0.2) is 0 Å². The largest absolute Gasteiger partial charge is 0.396 e. The maximum Gasteiger partial charge on any atom is 0.117 e. The van der Waals surface area contributed by atoms with Gasteiger partial charge in [-0.25, -0.2) is 4.98 Å². The molecule has 3 nitrogen and oxygen atoms in total. The molecule has 0 spiro atoms. The first-order valence-electron chi connectivity index (χ1n) is 4.29. The van der Waals surface area contributed by atoms with Gasteiger partial charge in [-0.05, 0) is 13.3 Å². The van der Waals surface area contributed by atoms with E-state index in [2.05, 4.69) is 16.9 Å². The molecule has 0 bridgehead atoms. The molecule has 1 atom stereocenters. The van der Waals surface area contributed by atoms with Crippen molar-refractivity contribution in [3.63, 3.8) is 0 Å². The number of hydrogen-bond acceptors (Lipinski definition) is 4. The van der Waals surface area contributed by atoms with Gasteiger partial charge in [-0.15, -0.1) is 11.8 Å². The van der Waals surface area contributed by atoms with Gasteiger partial charge in [0.2, 0.25) is 0 Å². The fourth-order valence-corrected chi connectivity index (χ4v) is 1.89. The lowest BCUT2D eigenvalue weighted by atomic mass is 10.3. The second-order valence-corrected chi connectivity index (χ2v) is 4.31. The fraction of sp³-hybridized carbons (Fsp3) is 0.556. The Balaban J connectivity index is 2.58. The molecular formula is C9H14N2OS. The van der Waals surface area contributed by atoms with E-state index >= 15 is 0 Å². The molecule has 1 rings (SSSR count). The number of rotatable bonds is 4. The Morgan fingerprint density at radius 3 is 2.77 bits per heavy atom.